The maximum atomic E-state index is 12.8. The number of rotatable bonds is 5. The van der Waals surface area contributed by atoms with Gasteiger partial charge in [0, 0.05) is 25.2 Å². The number of sulfonamides is 1. The lowest BCUT2D eigenvalue weighted by Gasteiger charge is -2.35. The predicted octanol–water partition coefficient (Wildman–Crippen LogP) is 3.06. The fourth-order valence-corrected chi connectivity index (χ4v) is 5.75. The number of nitrogens with one attached hydrogen (secondary N) is 1. The fourth-order valence-electron chi connectivity index (χ4n) is 2.76. The van der Waals surface area contributed by atoms with Crippen molar-refractivity contribution < 1.29 is 8.42 Å². The third-order valence-electron chi connectivity index (χ3n) is 3.98. The normalized spacial score (nSPS) is 24.6. The molecule has 1 aromatic heterocycles. The van der Waals surface area contributed by atoms with Crippen LogP contribution >= 0.6 is 11.3 Å². The van der Waals surface area contributed by atoms with E-state index in [4.69, 9.17) is 0 Å². The Morgan fingerprint density at radius 1 is 1.43 bits per heavy atom. The molecule has 2 heterocycles. The van der Waals surface area contributed by atoms with E-state index in [-0.39, 0.29) is 6.04 Å². The van der Waals surface area contributed by atoms with Crippen molar-refractivity contribution in [3.05, 3.63) is 17.0 Å². The Kier molecular flexibility index (Phi) is 5.46. The van der Waals surface area contributed by atoms with E-state index in [1.807, 2.05) is 18.4 Å². The smallest absolute Gasteiger partial charge is 0.252 e. The molecule has 2 rings (SSSR count). The molecule has 6 heteroatoms. The summed E-state index contributed by atoms with van der Waals surface area (Å²) in [5.74, 6) is 0.612. The molecule has 0 amide bonds. The molecule has 1 aliphatic rings. The van der Waals surface area contributed by atoms with Crippen molar-refractivity contribution in [2.45, 2.75) is 63.4 Å². The Morgan fingerprint density at radius 3 is 2.76 bits per heavy atom. The molecule has 0 spiro atoms. The van der Waals surface area contributed by atoms with Crippen LogP contribution in [0.15, 0.2) is 15.7 Å². The zero-order valence-corrected chi connectivity index (χ0v) is 14.9. The van der Waals surface area contributed by atoms with Crippen LogP contribution in [-0.2, 0) is 16.6 Å². The molecule has 0 radical (unpaired) electrons. The van der Waals surface area contributed by atoms with Crippen molar-refractivity contribution in [3.63, 3.8) is 0 Å². The first-order valence-corrected chi connectivity index (χ1v) is 9.95. The Hall–Kier alpha value is -0.430. The Balaban J connectivity index is 2.12. The first-order chi connectivity index (χ1) is 9.80. The highest BCUT2D eigenvalue weighted by Gasteiger charge is 2.34. The summed E-state index contributed by atoms with van der Waals surface area (Å²) in [6.45, 7) is 9.74. The van der Waals surface area contributed by atoms with E-state index >= 15 is 0 Å². The summed E-state index contributed by atoms with van der Waals surface area (Å²) in [7, 11) is -3.33. The van der Waals surface area contributed by atoms with Crippen LogP contribution in [0.4, 0.5) is 0 Å². The summed E-state index contributed by atoms with van der Waals surface area (Å²) < 4.78 is 27.7. The van der Waals surface area contributed by atoms with E-state index in [1.165, 1.54) is 11.3 Å². The van der Waals surface area contributed by atoms with E-state index in [1.54, 1.807) is 4.31 Å². The molecule has 1 saturated heterocycles. The van der Waals surface area contributed by atoms with Gasteiger partial charge < -0.3 is 5.32 Å². The number of nitrogens with zero attached hydrogens (tertiary/aromatic N) is 1. The van der Waals surface area contributed by atoms with Gasteiger partial charge in [0.2, 0.25) is 0 Å². The molecule has 120 valence electrons. The van der Waals surface area contributed by atoms with Gasteiger partial charge in [0.25, 0.3) is 10.0 Å². The van der Waals surface area contributed by atoms with E-state index in [0.717, 1.165) is 24.9 Å². The molecule has 1 aliphatic heterocycles. The van der Waals surface area contributed by atoms with Crippen molar-refractivity contribution in [3.8, 4) is 0 Å². The average molecular weight is 331 g/mol. The van der Waals surface area contributed by atoms with Gasteiger partial charge in [-0.3, -0.25) is 0 Å². The van der Waals surface area contributed by atoms with Gasteiger partial charge in [-0.05, 0) is 42.7 Å². The summed E-state index contributed by atoms with van der Waals surface area (Å²) in [6, 6.07) is 2.31. The molecule has 1 N–H and O–H groups in total. The van der Waals surface area contributed by atoms with E-state index in [9.17, 15) is 8.42 Å². The van der Waals surface area contributed by atoms with Gasteiger partial charge >= 0.3 is 0 Å². The largest absolute Gasteiger partial charge is 0.310 e. The molecule has 0 aliphatic carbocycles. The summed E-state index contributed by atoms with van der Waals surface area (Å²) in [6.07, 6.45) is 1.91. The molecular formula is C15H26N2O2S2. The molecule has 2 atom stereocenters. The molecule has 0 bridgehead atoms. The number of hydrogen-bond acceptors (Lipinski definition) is 4. The van der Waals surface area contributed by atoms with Crippen LogP contribution in [0.1, 0.15) is 46.1 Å². The summed E-state index contributed by atoms with van der Waals surface area (Å²) in [5, 5.41) is 5.26. The SMILES string of the molecule is CC1CCN(S(=O)(=O)c2cc(CNC(C)C)cs2)C(C)C1. The van der Waals surface area contributed by atoms with Gasteiger partial charge in [0.1, 0.15) is 4.21 Å². The van der Waals surface area contributed by atoms with Crippen LogP contribution in [0.5, 0.6) is 0 Å². The molecule has 0 saturated carbocycles. The molecular weight excluding hydrogens is 304 g/mol. The second-order valence-corrected chi connectivity index (χ2v) is 9.43. The lowest BCUT2D eigenvalue weighted by molar-refractivity contribution is 0.220. The van der Waals surface area contributed by atoms with Gasteiger partial charge in [-0.15, -0.1) is 11.3 Å². The Bertz CT molecular complexity index is 566. The predicted molar refractivity (Wildman–Crippen MR) is 88.0 cm³/mol. The minimum Gasteiger partial charge on any atom is -0.310 e. The van der Waals surface area contributed by atoms with Crippen LogP contribution in [0.2, 0.25) is 0 Å². The molecule has 0 aromatic carbocycles. The van der Waals surface area contributed by atoms with Crippen LogP contribution in [-0.4, -0.2) is 31.4 Å². The second kappa shape index (κ2) is 6.77. The zero-order chi connectivity index (χ0) is 15.6. The number of thiophene rings is 1. The van der Waals surface area contributed by atoms with Crippen molar-refractivity contribution in [2.75, 3.05) is 6.54 Å². The van der Waals surface area contributed by atoms with Gasteiger partial charge in [-0.2, -0.15) is 4.31 Å². The number of piperidine rings is 1. The number of hydrogen-bond donors (Lipinski definition) is 1. The maximum Gasteiger partial charge on any atom is 0.252 e. The van der Waals surface area contributed by atoms with Crippen LogP contribution < -0.4 is 5.32 Å². The summed E-state index contributed by atoms with van der Waals surface area (Å²) in [5.41, 5.74) is 1.05. The van der Waals surface area contributed by atoms with Crippen LogP contribution in [0.25, 0.3) is 0 Å². The standard InChI is InChI=1S/C15H26N2O2S2/c1-11(2)16-9-14-8-15(20-10-14)21(18,19)17-6-5-12(3)7-13(17)4/h8,10-13,16H,5-7,9H2,1-4H3. The van der Waals surface area contributed by atoms with Crippen molar-refractivity contribution in [1.82, 2.24) is 9.62 Å². The molecule has 2 unspecified atom stereocenters. The fraction of sp³-hybridized carbons (Fsp3) is 0.733. The van der Waals surface area contributed by atoms with Gasteiger partial charge in [-0.25, -0.2) is 8.42 Å². The van der Waals surface area contributed by atoms with Crippen molar-refractivity contribution in [2.24, 2.45) is 5.92 Å². The lowest BCUT2D eigenvalue weighted by atomic mass is 9.95. The second-order valence-electron chi connectivity index (χ2n) is 6.40. The van der Waals surface area contributed by atoms with Crippen LogP contribution in [0, 0.1) is 5.92 Å². The maximum absolute atomic E-state index is 12.8. The Morgan fingerprint density at radius 2 is 2.14 bits per heavy atom. The van der Waals surface area contributed by atoms with Crippen molar-refractivity contribution in [1.29, 1.82) is 0 Å². The average Bonchev–Trinajstić information content (AvgIpc) is 2.85. The van der Waals surface area contributed by atoms with E-state index in [2.05, 4.69) is 26.1 Å². The minimum atomic E-state index is -3.33. The summed E-state index contributed by atoms with van der Waals surface area (Å²) in [4.78, 5) is 0. The highest BCUT2D eigenvalue weighted by Crippen LogP contribution is 2.30. The Labute approximate surface area is 132 Å². The highest BCUT2D eigenvalue weighted by molar-refractivity contribution is 7.91. The highest BCUT2D eigenvalue weighted by atomic mass is 32.2. The zero-order valence-electron chi connectivity index (χ0n) is 13.3. The molecule has 21 heavy (non-hydrogen) atoms. The van der Waals surface area contributed by atoms with Gasteiger partial charge in [0.15, 0.2) is 0 Å². The molecule has 1 fully saturated rings. The van der Waals surface area contributed by atoms with Gasteiger partial charge in [0.05, 0.1) is 0 Å². The minimum absolute atomic E-state index is 0.0955. The molecule has 4 nitrogen and oxygen atoms in total. The third kappa shape index (κ3) is 4.06. The topological polar surface area (TPSA) is 49.4 Å². The third-order valence-corrected chi connectivity index (χ3v) is 7.46. The first kappa shape index (κ1) is 16.9. The first-order valence-electron chi connectivity index (χ1n) is 7.63. The van der Waals surface area contributed by atoms with Crippen molar-refractivity contribution >= 4 is 21.4 Å². The van der Waals surface area contributed by atoms with Crippen LogP contribution in [0.3, 0.4) is 0 Å². The monoisotopic (exact) mass is 330 g/mol. The quantitative estimate of drug-likeness (QED) is 0.903. The van der Waals surface area contributed by atoms with Gasteiger partial charge in [-0.1, -0.05) is 20.8 Å². The van der Waals surface area contributed by atoms with E-state index in [0.29, 0.717) is 22.7 Å². The van der Waals surface area contributed by atoms with E-state index < -0.39 is 10.0 Å². The lowest BCUT2D eigenvalue weighted by Crippen LogP contribution is -2.43. The molecule has 1 aromatic rings. The summed E-state index contributed by atoms with van der Waals surface area (Å²) >= 11 is 1.34.